The molecule has 2 aliphatic rings. The highest BCUT2D eigenvalue weighted by atomic mass is 79.9. The van der Waals surface area contributed by atoms with E-state index in [0.717, 1.165) is 70.8 Å². The summed E-state index contributed by atoms with van der Waals surface area (Å²) in [6.07, 6.45) is 2.58. The van der Waals surface area contributed by atoms with Gasteiger partial charge in [0.1, 0.15) is 24.8 Å². The van der Waals surface area contributed by atoms with Crippen molar-refractivity contribution in [3.63, 3.8) is 0 Å². The fourth-order valence-corrected chi connectivity index (χ4v) is 4.25. The molecule has 0 spiro atoms. The maximum absolute atomic E-state index is 6.51. The zero-order chi connectivity index (χ0) is 19.5. The summed E-state index contributed by atoms with van der Waals surface area (Å²) >= 11 is 10.1. The van der Waals surface area contributed by atoms with Crippen LogP contribution in [0.3, 0.4) is 0 Å². The van der Waals surface area contributed by atoms with Gasteiger partial charge in [-0.1, -0.05) is 27.5 Å². The van der Waals surface area contributed by atoms with Crippen LogP contribution in [0.2, 0.25) is 5.02 Å². The first-order chi connectivity index (χ1) is 13.7. The Kier molecular flexibility index (Phi) is 5.97. The van der Waals surface area contributed by atoms with Crippen LogP contribution in [0.4, 0.5) is 0 Å². The number of hydrogen-bond donors (Lipinski definition) is 1. The minimum atomic E-state index is 0.504. The van der Waals surface area contributed by atoms with Crippen LogP contribution in [-0.4, -0.2) is 39.2 Å². The molecule has 0 saturated carbocycles. The van der Waals surface area contributed by atoms with E-state index in [1.54, 1.807) is 7.11 Å². The second-order valence-corrected chi connectivity index (χ2v) is 8.03. The monoisotopic (exact) mass is 464 g/mol. The number of halogens is 2. The van der Waals surface area contributed by atoms with E-state index in [1.165, 1.54) is 0 Å². The quantitative estimate of drug-likeness (QED) is 0.711. The van der Waals surface area contributed by atoms with Gasteiger partial charge in [-0.25, -0.2) is 0 Å². The topological polar surface area (TPSA) is 52.1 Å². The molecule has 0 fully saturated rings. The van der Waals surface area contributed by atoms with Crippen LogP contribution in [0.5, 0.6) is 17.2 Å². The fourth-order valence-electron chi connectivity index (χ4n) is 3.60. The minimum absolute atomic E-state index is 0.504. The van der Waals surface area contributed by atoms with Crippen molar-refractivity contribution >= 4 is 33.4 Å². The van der Waals surface area contributed by atoms with Crippen LogP contribution in [0.15, 0.2) is 33.7 Å². The van der Waals surface area contributed by atoms with E-state index >= 15 is 0 Å². The fraction of sp³-hybridized carbons (Fsp3) is 0.381. The van der Waals surface area contributed by atoms with Gasteiger partial charge in [-0.3, -0.25) is 4.99 Å². The Bertz CT molecular complexity index is 917. The zero-order valence-corrected chi connectivity index (χ0v) is 18.0. The summed E-state index contributed by atoms with van der Waals surface area (Å²) in [5, 5.41) is 3.96. The molecule has 4 rings (SSSR count). The molecule has 5 nitrogen and oxygen atoms in total. The van der Waals surface area contributed by atoms with Crippen molar-refractivity contribution in [2.45, 2.75) is 19.3 Å². The molecule has 1 N–H and O–H groups in total. The average Bonchev–Trinajstić information content (AvgIpc) is 2.74. The Morgan fingerprint density at radius 1 is 1.18 bits per heavy atom. The molecule has 2 heterocycles. The summed E-state index contributed by atoms with van der Waals surface area (Å²) < 4.78 is 18.4. The second kappa shape index (κ2) is 8.62. The Hall–Kier alpha value is -1.92. The molecule has 2 aromatic rings. The molecule has 0 atom stereocenters. The SMILES string of the molecule is COc1ccc(Br)cc1CCc1c(C2=NCCCN2)cc(Cl)c2c1OCCO2. The molecule has 0 bridgehead atoms. The van der Waals surface area contributed by atoms with Gasteiger partial charge >= 0.3 is 0 Å². The number of aryl methyl sites for hydroxylation is 1. The van der Waals surface area contributed by atoms with E-state index in [-0.39, 0.29) is 0 Å². The molecule has 0 unspecified atom stereocenters. The Morgan fingerprint density at radius 2 is 2.00 bits per heavy atom. The van der Waals surface area contributed by atoms with Crippen molar-refractivity contribution in [3.05, 3.63) is 50.5 Å². The second-order valence-electron chi connectivity index (χ2n) is 6.71. The van der Waals surface area contributed by atoms with Crippen molar-refractivity contribution < 1.29 is 14.2 Å². The lowest BCUT2D eigenvalue weighted by atomic mass is 9.96. The highest BCUT2D eigenvalue weighted by Gasteiger charge is 2.25. The number of fused-ring (bicyclic) bond motifs is 1. The largest absolute Gasteiger partial charge is 0.496 e. The third-order valence-electron chi connectivity index (χ3n) is 4.91. The number of rotatable bonds is 5. The molecule has 2 aromatic carbocycles. The number of nitrogens with zero attached hydrogens (tertiary/aromatic N) is 1. The maximum Gasteiger partial charge on any atom is 0.180 e. The van der Waals surface area contributed by atoms with Gasteiger partial charge in [0, 0.05) is 28.7 Å². The zero-order valence-electron chi connectivity index (χ0n) is 15.7. The van der Waals surface area contributed by atoms with E-state index in [9.17, 15) is 0 Å². The summed E-state index contributed by atoms with van der Waals surface area (Å²) in [5.41, 5.74) is 3.18. The number of ether oxygens (including phenoxy) is 3. The summed E-state index contributed by atoms with van der Waals surface area (Å²) in [6.45, 7) is 2.74. The van der Waals surface area contributed by atoms with Gasteiger partial charge in [-0.2, -0.15) is 0 Å². The molecule has 2 aliphatic heterocycles. The normalized spacial score (nSPS) is 15.6. The van der Waals surface area contributed by atoms with E-state index < -0.39 is 0 Å². The van der Waals surface area contributed by atoms with Gasteiger partial charge < -0.3 is 19.5 Å². The van der Waals surface area contributed by atoms with E-state index in [1.807, 2.05) is 18.2 Å². The molecule has 0 aliphatic carbocycles. The van der Waals surface area contributed by atoms with E-state index in [0.29, 0.717) is 24.0 Å². The van der Waals surface area contributed by atoms with Crippen molar-refractivity contribution in [3.8, 4) is 17.2 Å². The van der Waals surface area contributed by atoms with Crippen LogP contribution in [0.1, 0.15) is 23.1 Å². The van der Waals surface area contributed by atoms with E-state index in [4.69, 9.17) is 25.8 Å². The van der Waals surface area contributed by atoms with Gasteiger partial charge in [-0.15, -0.1) is 0 Å². The third kappa shape index (κ3) is 3.94. The van der Waals surface area contributed by atoms with Gasteiger partial charge in [0.05, 0.1) is 12.1 Å². The maximum atomic E-state index is 6.51. The lowest BCUT2D eigenvalue weighted by molar-refractivity contribution is 0.170. The van der Waals surface area contributed by atoms with Crippen molar-refractivity contribution in [2.24, 2.45) is 4.99 Å². The highest BCUT2D eigenvalue weighted by Crippen LogP contribution is 2.43. The number of amidine groups is 1. The van der Waals surface area contributed by atoms with Crippen LogP contribution in [-0.2, 0) is 12.8 Å². The molecule has 0 radical (unpaired) electrons. The molecule has 28 heavy (non-hydrogen) atoms. The summed E-state index contributed by atoms with van der Waals surface area (Å²) in [4.78, 5) is 4.67. The standard InChI is InChI=1S/C21H22BrClN2O3/c1-26-18-6-4-14(22)11-13(18)3-5-15-16(21-24-7-2-8-25-21)12-17(23)20-19(15)27-9-10-28-20/h4,6,11-12H,2-3,5,7-10H2,1H3,(H,24,25). The van der Waals surface area contributed by atoms with Gasteiger partial charge in [-0.05, 0) is 49.1 Å². The van der Waals surface area contributed by atoms with Crippen molar-refractivity contribution in [1.29, 1.82) is 0 Å². The molecular weight excluding hydrogens is 444 g/mol. The molecule has 0 amide bonds. The summed E-state index contributed by atoms with van der Waals surface area (Å²) in [5.74, 6) is 3.11. The van der Waals surface area contributed by atoms with Crippen LogP contribution < -0.4 is 19.5 Å². The number of nitrogens with one attached hydrogen (secondary N) is 1. The lowest BCUT2D eigenvalue weighted by Gasteiger charge is -2.26. The third-order valence-corrected chi connectivity index (χ3v) is 5.68. The first-order valence-electron chi connectivity index (χ1n) is 9.39. The molecule has 0 saturated heterocycles. The van der Waals surface area contributed by atoms with Crippen LogP contribution >= 0.6 is 27.5 Å². The predicted octanol–water partition coefficient (Wildman–Crippen LogP) is 4.41. The summed E-state index contributed by atoms with van der Waals surface area (Å²) in [6, 6.07) is 7.99. The number of methoxy groups -OCH3 is 1. The van der Waals surface area contributed by atoms with Gasteiger partial charge in [0.2, 0.25) is 0 Å². The number of benzene rings is 2. The van der Waals surface area contributed by atoms with E-state index in [2.05, 4.69) is 32.3 Å². The summed E-state index contributed by atoms with van der Waals surface area (Å²) in [7, 11) is 1.69. The Morgan fingerprint density at radius 3 is 2.75 bits per heavy atom. The molecule has 0 aromatic heterocycles. The van der Waals surface area contributed by atoms with Crippen LogP contribution in [0, 0.1) is 0 Å². The van der Waals surface area contributed by atoms with Gasteiger partial charge in [0.25, 0.3) is 0 Å². The minimum Gasteiger partial charge on any atom is -0.496 e. The Labute approximate surface area is 178 Å². The molecule has 7 heteroatoms. The first kappa shape index (κ1) is 19.4. The van der Waals surface area contributed by atoms with Crippen molar-refractivity contribution in [1.82, 2.24) is 5.32 Å². The molecule has 148 valence electrons. The van der Waals surface area contributed by atoms with Gasteiger partial charge in [0.15, 0.2) is 11.5 Å². The first-order valence-corrected chi connectivity index (χ1v) is 10.6. The highest BCUT2D eigenvalue weighted by molar-refractivity contribution is 9.10. The molecular formula is C21H22BrClN2O3. The predicted molar refractivity (Wildman–Crippen MR) is 115 cm³/mol. The van der Waals surface area contributed by atoms with Crippen LogP contribution in [0.25, 0.3) is 0 Å². The smallest absolute Gasteiger partial charge is 0.180 e. The number of aliphatic imine (C=N–C) groups is 1. The number of hydrogen-bond acceptors (Lipinski definition) is 5. The average molecular weight is 466 g/mol. The Balaban J connectivity index is 1.74. The van der Waals surface area contributed by atoms with Crippen molar-refractivity contribution in [2.75, 3.05) is 33.4 Å². The lowest BCUT2D eigenvalue weighted by Crippen LogP contribution is -2.31.